The van der Waals surface area contributed by atoms with E-state index in [1.807, 2.05) is 0 Å². The molecule has 0 radical (unpaired) electrons. The Kier molecular flexibility index (Phi) is 5.75. The molecule has 2 nitrogen and oxygen atoms in total. The average molecular weight is 278 g/mol. The molecule has 0 amide bonds. The molecule has 0 heterocycles. The first-order valence-corrected chi connectivity index (χ1v) is 6.00. The van der Waals surface area contributed by atoms with Gasteiger partial charge in [0, 0.05) is 19.6 Å². The highest BCUT2D eigenvalue weighted by atomic mass is 19.4. The van der Waals surface area contributed by atoms with Crippen LogP contribution in [0.1, 0.15) is 11.1 Å². The number of hydrogen-bond acceptors (Lipinski definition) is 2. The molecule has 0 aromatic heterocycles. The highest BCUT2D eigenvalue weighted by Gasteiger charge is 2.30. The Morgan fingerprint density at radius 1 is 1.26 bits per heavy atom. The van der Waals surface area contributed by atoms with Gasteiger partial charge in [-0.15, -0.1) is 0 Å². The minimum atomic E-state index is -4.25. The van der Waals surface area contributed by atoms with E-state index in [4.69, 9.17) is 0 Å². The van der Waals surface area contributed by atoms with E-state index in [2.05, 4.69) is 5.32 Å². The molecule has 0 saturated heterocycles. The van der Waals surface area contributed by atoms with E-state index in [1.165, 1.54) is 11.0 Å². The van der Waals surface area contributed by atoms with Gasteiger partial charge < -0.3 is 5.32 Å². The summed E-state index contributed by atoms with van der Waals surface area (Å²) < 4.78 is 50.7. The monoisotopic (exact) mass is 278 g/mol. The van der Waals surface area contributed by atoms with Crippen molar-refractivity contribution in [3.05, 3.63) is 35.1 Å². The lowest BCUT2D eigenvalue weighted by Gasteiger charge is -2.23. The Morgan fingerprint density at radius 2 is 1.95 bits per heavy atom. The lowest BCUT2D eigenvalue weighted by molar-refractivity contribution is -0.146. The third-order valence-corrected chi connectivity index (χ3v) is 2.72. The molecule has 0 aliphatic carbocycles. The number of hydrogen-bond donors (Lipinski definition) is 1. The van der Waals surface area contributed by atoms with Gasteiger partial charge in [0.15, 0.2) is 0 Å². The fourth-order valence-electron chi connectivity index (χ4n) is 1.73. The molecular weight excluding hydrogens is 260 g/mol. The number of benzene rings is 1. The Balaban J connectivity index is 2.72. The third kappa shape index (κ3) is 6.02. The van der Waals surface area contributed by atoms with Crippen molar-refractivity contribution in [1.82, 2.24) is 10.2 Å². The Labute approximate surface area is 110 Å². The smallest absolute Gasteiger partial charge is 0.318 e. The summed E-state index contributed by atoms with van der Waals surface area (Å²) in [5.41, 5.74) is 1.03. The van der Waals surface area contributed by atoms with E-state index in [0.717, 1.165) is 0 Å². The van der Waals surface area contributed by atoms with Crippen molar-refractivity contribution >= 4 is 0 Å². The fraction of sp³-hybridized carbons (Fsp3) is 0.538. The second kappa shape index (κ2) is 6.86. The maximum absolute atomic E-state index is 13.4. The second-order valence-electron chi connectivity index (χ2n) is 4.51. The summed E-state index contributed by atoms with van der Waals surface area (Å²) in [6.07, 6.45) is -4.25. The topological polar surface area (TPSA) is 15.3 Å². The molecule has 108 valence electrons. The van der Waals surface area contributed by atoms with Crippen LogP contribution in [0.3, 0.4) is 0 Å². The number of nitrogens with one attached hydrogen (secondary N) is 1. The van der Waals surface area contributed by atoms with Crippen molar-refractivity contribution in [2.45, 2.75) is 19.6 Å². The molecule has 19 heavy (non-hydrogen) atoms. The van der Waals surface area contributed by atoms with E-state index >= 15 is 0 Å². The van der Waals surface area contributed by atoms with Gasteiger partial charge in [0.1, 0.15) is 5.82 Å². The SMILES string of the molecule is CNCCN(Cc1ccc(C)c(F)c1)CC(F)(F)F. The first-order valence-electron chi connectivity index (χ1n) is 6.00. The molecule has 1 N–H and O–H groups in total. The quantitative estimate of drug-likeness (QED) is 0.805. The minimum absolute atomic E-state index is 0.0817. The number of likely N-dealkylation sites (N-methyl/N-ethyl adjacent to an activating group) is 1. The number of halogens is 4. The maximum atomic E-state index is 13.4. The van der Waals surface area contributed by atoms with Crippen LogP contribution < -0.4 is 5.32 Å². The number of rotatable bonds is 6. The highest BCUT2D eigenvalue weighted by Crippen LogP contribution is 2.18. The highest BCUT2D eigenvalue weighted by molar-refractivity contribution is 5.23. The zero-order valence-electron chi connectivity index (χ0n) is 11.0. The van der Waals surface area contributed by atoms with Gasteiger partial charge in [-0.05, 0) is 31.2 Å². The van der Waals surface area contributed by atoms with Crippen LogP contribution in [0.5, 0.6) is 0 Å². The van der Waals surface area contributed by atoms with E-state index in [9.17, 15) is 17.6 Å². The molecule has 6 heteroatoms. The number of aryl methyl sites for hydroxylation is 1. The standard InChI is InChI=1S/C13H18F4N2/c1-10-3-4-11(7-12(10)14)8-19(6-5-18-2)9-13(15,16)17/h3-4,7,18H,5-6,8-9H2,1-2H3. The lowest BCUT2D eigenvalue weighted by atomic mass is 10.1. The van der Waals surface area contributed by atoms with Crippen LogP contribution in [-0.2, 0) is 6.54 Å². The number of nitrogens with zero attached hydrogens (tertiary/aromatic N) is 1. The molecule has 1 aromatic rings. The van der Waals surface area contributed by atoms with Gasteiger partial charge in [0.05, 0.1) is 6.54 Å². The molecule has 0 spiro atoms. The molecule has 0 saturated carbocycles. The zero-order valence-corrected chi connectivity index (χ0v) is 11.0. The van der Waals surface area contributed by atoms with Crippen LogP contribution in [0, 0.1) is 12.7 Å². The predicted molar refractivity (Wildman–Crippen MR) is 66.4 cm³/mol. The summed E-state index contributed by atoms with van der Waals surface area (Å²) in [5, 5.41) is 2.81. The first-order chi connectivity index (χ1) is 8.81. The summed E-state index contributed by atoms with van der Waals surface area (Å²) in [6, 6.07) is 4.52. The van der Waals surface area contributed by atoms with E-state index in [0.29, 0.717) is 17.7 Å². The molecule has 1 aromatic carbocycles. The van der Waals surface area contributed by atoms with Gasteiger partial charge in [0.25, 0.3) is 0 Å². The fourth-order valence-corrected chi connectivity index (χ4v) is 1.73. The van der Waals surface area contributed by atoms with Gasteiger partial charge >= 0.3 is 6.18 Å². The van der Waals surface area contributed by atoms with Crippen LogP contribution in [0.2, 0.25) is 0 Å². The van der Waals surface area contributed by atoms with Gasteiger partial charge in [-0.2, -0.15) is 13.2 Å². The summed E-state index contributed by atoms with van der Waals surface area (Å²) in [6.45, 7) is 1.41. The molecule has 1 rings (SSSR count). The molecule has 0 unspecified atom stereocenters. The molecule has 0 bridgehead atoms. The Bertz CT molecular complexity index is 404. The molecule has 0 fully saturated rings. The normalized spacial score (nSPS) is 12.2. The van der Waals surface area contributed by atoms with Crippen molar-refractivity contribution in [2.24, 2.45) is 0 Å². The number of alkyl halides is 3. The van der Waals surface area contributed by atoms with Crippen molar-refractivity contribution in [3.63, 3.8) is 0 Å². The van der Waals surface area contributed by atoms with Crippen molar-refractivity contribution in [2.75, 3.05) is 26.7 Å². The Hall–Kier alpha value is -1.14. The zero-order chi connectivity index (χ0) is 14.5. The van der Waals surface area contributed by atoms with Crippen LogP contribution >= 0.6 is 0 Å². The van der Waals surface area contributed by atoms with Gasteiger partial charge in [-0.1, -0.05) is 12.1 Å². The Morgan fingerprint density at radius 3 is 2.47 bits per heavy atom. The third-order valence-electron chi connectivity index (χ3n) is 2.72. The predicted octanol–water partition coefficient (Wildman–Crippen LogP) is 2.72. The molecule has 0 aliphatic rings. The van der Waals surface area contributed by atoms with Crippen LogP contribution in [0.4, 0.5) is 17.6 Å². The van der Waals surface area contributed by atoms with Crippen molar-refractivity contribution < 1.29 is 17.6 Å². The summed E-state index contributed by atoms with van der Waals surface area (Å²) in [7, 11) is 1.68. The van der Waals surface area contributed by atoms with Crippen molar-refractivity contribution in [1.29, 1.82) is 0 Å². The second-order valence-corrected chi connectivity index (χ2v) is 4.51. The van der Waals surface area contributed by atoms with Gasteiger partial charge in [0.2, 0.25) is 0 Å². The summed E-state index contributed by atoms with van der Waals surface area (Å²) in [4.78, 5) is 1.25. The minimum Gasteiger partial charge on any atom is -0.318 e. The molecule has 0 atom stereocenters. The van der Waals surface area contributed by atoms with Gasteiger partial charge in [-0.25, -0.2) is 4.39 Å². The summed E-state index contributed by atoms with van der Waals surface area (Å²) in [5.74, 6) is -0.391. The first kappa shape index (κ1) is 15.9. The van der Waals surface area contributed by atoms with Crippen LogP contribution in [0.15, 0.2) is 18.2 Å². The van der Waals surface area contributed by atoms with Crippen LogP contribution in [0.25, 0.3) is 0 Å². The van der Waals surface area contributed by atoms with Crippen molar-refractivity contribution in [3.8, 4) is 0 Å². The van der Waals surface area contributed by atoms with E-state index in [1.54, 1.807) is 26.1 Å². The maximum Gasteiger partial charge on any atom is 0.401 e. The van der Waals surface area contributed by atoms with Gasteiger partial charge in [-0.3, -0.25) is 4.90 Å². The van der Waals surface area contributed by atoms with Crippen LogP contribution in [-0.4, -0.2) is 37.8 Å². The average Bonchev–Trinajstić information content (AvgIpc) is 2.29. The lowest BCUT2D eigenvalue weighted by Crippen LogP contribution is -2.37. The molecular formula is C13H18F4N2. The summed E-state index contributed by atoms with van der Waals surface area (Å²) >= 11 is 0. The molecule has 0 aliphatic heterocycles. The van der Waals surface area contributed by atoms with E-state index in [-0.39, 0.29) is 13.1 Å². The van der Waals surface area contributed by atoms with E-state index < -0.39 is 18.5 Å². The largest absolute Gasteiger partial charge is 0.401 e.